The molecular formula is C18H19FN4O. The van der Waals surface area contributed by atoms with E-state index in [4.69, 9.17) is 0 Å². The van der Waals surface area contributed by atoms with Crippen LogP contribution in [0.3, 0.4) is 0 Å². The summed E-state index contributed by atoms with van der Waals surface area (Å²) in [5.74, 6) is 0.515. The number of rotatable bonds is 3. The molecule has 1 aromatic heterocycles. The van der Waals surface area contributed by atoms with E-state index >= 15 is 0 Å². The molecule has 2 aliphatic rings. The highest BCUT2D eigenvalue weighted by Crippen LogP contribution is 2.33. The molecule has 0 aliphatic carbocycles. The van der Waals surface area contributed by atoms with Crippen LogP contribution < -0.4 is 4.90 Å². The van der Waals surface area contributed by atoms with Crippen LogP contribution in [0.25, 0.3) is 0 Å². The third kappa shape index (κ3) is 2.72. The van der Waals surface area contributed by atoms with Crippen molar-refractivity contribution in [1.82, 2.24) is 14.9 Å². The Labute approximate surface area is 140 Å². The Morgan fingerprint density at radius 1 is 1.12 bits per heavy atom. The maximum atomic E-state index is 13.3. The smallest absolute Gasteiger partial charge is 0.227 e. The Balaban J connectivity index is 1.46. The topological polar surface area (TPSA) is 49.3 Å². The van der Waals surface area contributed by atoms with E-state index in [2.05, 4.69) is 14.9 Å². The summed E-state index contributed by atoms with van der Waals surface area (Å²) in [6, 6.07) is 8.57. The van der Waals surface area contributed by atoms with Gasteiger partial charge >= 0.3 is 0 Å². The van der Waals surface area contributed by atoms with Gasteiger partial charge in [-0.3, -0.25) is 4.79 Å². The maximum absolute atomic E-state index is 13.3. The number of carbonyl (C=O) groups is 1. The maximum Gasteiger partial charge on any atom is 0.227 e. The Morgan fingerprint density at radius 3 is 2.71 bits per heavy atom. The zero-order chi connectivity index (χ0) is 16.5. The lowest BCUT2D eigenvalue weighted by Gasteiger charge is -2.25. The molecule has 4 rings (SSSR count). The Hall–Kier alpha value is -2.50. The van der Waals surface area contributed by atoms with E-state index in [1.54, 1.807) is 30.6 Å². The fourth-order valence-corrected chi connectivity index (χ4v) is 3.91. The molecule has 3 heterocycles. The molecule has 6 heteroatoms. The van der Waals surface area contributed by atoms with Crippen molar-refractivity contribution in [3.8, 4) is 0 Å². The molecular weight excluding hydrogens is 307 g/mol. The van der Waals surface area contributed by atoms with Gasteiger partial charge in [0.25, 0.3) is 0 Å². The monoisotopic (exact) mass is 326 g/mol. The van der Waals surface area contributed by atoms with Crippen LogP contribution in [0.4, 0.5) is 10.3 Å². The van der Waals surface area contributed by atoms with E-state index in [-0.39, 0.29) is 30.2 Å². The highest BCUT2D eigenvalue weighted by atomic mass is 19.1. The number of anilines is 1. The van der Waals surface area contributed by atoms with Gasteiger partial charge in [-0.1, -0.05) is 12.1 Å². The first-order valence-electron chi connectivity index (χ1n) is 8.30. The van der Waals surface area contributed by atoms with Crippen molar-refractivity contribution in [1.29, 1.82) is 0 Å². The van der Waals surface area contributed by atoms with Crippen molar-refractivity contribution in [2.24, 2.45) is 0 Å². The average Bonchev–Trinajstić information content (AvgIpc) is 3.17. The van der Waals surface area contributed by atoms with Gasteiger partial charge in [0.2, 0.25) is 11.9 Å². The summed E-state index contributed by atoms with van der Waals surface area (Å²) in [5, 5.41) is 0. The predicted octanol–water partition coefficient (Wildman–Crippen LogP) is 2.04. The molecule has 0 radical (unpaired) electrons. The normalized spacial score (nSPS) is 22.7. The first kappa shape index (κ1) is 15.1. The van der Waals surface area contributed by atoms with Gasteiger partial charge in [0.1, 0.15) is 5.82 Å². The van der Waals surface area contributed by atoms with E-state index in [9.17, 15) is 9.18 Å². The van der Waals surface area contributed by atoms with Gasteiger partial charge in [-0.25, -0.2) is 14.4 Å². The second-order valence-corrected chi connectivity index (χ2v) is 6.35. The summed E-state index contributed by atoms with van der Waals surface area (Å²) in [6.45, 7) is 1.61. The number of amides is 1. The Bertz CT molecular complexity index is 739. The summed E-state index contributed by atoms with van der Waals surface area (Å²) in [4.78, 5) is 25.5. The van der Waals surface area contributed by atoms with Crippen LogP contribution in [0.15, 0.2) is 42.7 Å². The average molecular weight is 326 g/mol. The third-order valence-electron chi connectivity index (χ3n) is 4.95. The summed E-state index contributed by atoms with van der Waals surface area (Å²) in [6.07, 6.45) is 5.60. The van der Waals surface area contributed by atoms with Gasteiger partial charge in [0.15, 0.2) is 0 Å². The van der Waals surface area contributed by atoms with Crippen LogP contribution in [0, 0.1) is 5.82 Å². The lowest BCUT2D eigenvalue weighted by molar-refractivity contribution is -0.131. The Morgan fingerprint density at radius 2 is 1.92 bits per heavy atom. The minimum atomic E-state index is -0.298. The Kier molecular flexibility index (Phi) is 3.88. The number of fused-ring (bicyclic) bond motifs is 1. The van der Waals surface area contributed by atoms with E-state index in [1.165, 1.54) is 12.1 Å². The molecule has 2 fully saturated rings. The number of aromatic nitrogens is 2. The predicted molar refractivity (Wildman–Crippen MR) is 88.0 cm³/mol. The molecule has 1 amide bonds. The third-order valence-corrected chi connectivity index (χ3v) is 4.95. The van der Waals surface area contributed by atoms with Gasteiger partial charge in [-0.2, -0.15) is 0 Å². The van der Waals surface area contributed by atoms with Crippen molar-refractivity contribution >= 4 is 11.9 Å². The van der Waals surface area contributed by atoms with Crippen LogP contribution >= 0.6 is 0 Å². The summed E-state index contributed by atoms with van der Waals surface area (Å²) in [5.41, 5.74) is 0.727. The zero-order valence-corrected chi connectivity index (χ0v) is 13.3. The largest absolute Gasteiger partial charge is 0.337 e. The number of hydrogen-bond donors (Lipinski definition) is 0. The SMILES string of the molecule is O=C(Cc1cccc(F)c1)N1CC[C@@H]2[C@@H]1CCN2c1ncccn1. The van der Waals surface area contributed by atoms with E-state index in [0.717, 1.165) is 37.4 Å². The van der Waals surface area contributed by atoms with Crippen molar-refractivity contribution in [3.63, 3.8) is 0 Å². The van der Waals surface area contributed by atoms with Crippen LogP contribution in [-0.2, 0) is 11.2 Å². The molecule has 0 spiro atoms. The first-order valence-corrected chi connectivity index (χ1v) is 8.30. The molecule has 5 nitrogen and oxygen atoms in total. The fraction of sp³-hybridized carbons (Fsp3) is 0.389. The van der Waals surface area contributed by atoms with Gasteiger partial charge in [0, 0.05) is 25.5 Å². The summed E-state index contributed by atoms with van der Waals surface area (Å²) < 4.78 is 13.3. The minimum Gasteiger partial charge on any atom is -0.337 e. The molecule has 0 unspecified atom stereocenters. The summed E-state index contributed by atoms with van der Waals surface area (Å²) in [7, 11) is 0. The number of likely N-dealkylation sites (tertiary alicyclic amines) is 1. The van der Waals surface area contributed by atoms with Crippen LogP contribution in [-0.4, -0.2) is 45.9 Å². The highest BCUT2D eigenvalue weighted by Gasteiger charge is 2.45. The van der Waals surface area contributed by atoms with Crippen LogP contribution in [0.2, 0.25) is 0 Å². The van der Waals surface area contributed by atoms with Crippen molar-refractivity contribution in [3.05, 3.63) is 54.1 Å². The van der Waals surface area contributed by atoms with Gasteiger partial charge in [0.05, 0.1) is 18.5 Å². The van der Waals surface area contributed by atoms with Crippen LogP contribution in [0.5, 0.6) is 0 Å². The molecule has 2 atom stereocenters. The number of nitrogens with zero attached hydrogens (tertiary/aromatic N) is 4. The fourth-order valence-electron chi connectivity index (χ4n) is 3.91. The van der Waals surface area contributed by atoms with Gasteiger partial charge < -0.3 is 9.80 Å². The molecule has 124 valence electrons. The number of benzene rings is 1. The number of carbonyl (C=O) groups excluding carboxylic acids is 1. The van der Waals surface area contributed by atoms with E-state index in [1.807, 2.05) is 4.90 Å². The van der Waals surface area contributed by atoms with Gasteiger partial charge in [-0.15, -0.1) is 0 Å². The zero-order valence-electron chi connectivity index (χ0n) is 13.3. The lowest BCUT2D eigenvalue weighted by Crippen LogP contribution is -2.40. The first-order chi connectivity index (χ1) is 11.7. The lowest BCUT2D eigenvalue weighted by atomic mass is 10.1. The minimum absolute atomic E-state index is 0.0731. The molecule has 1 aromatic carbocycles. The van der Waals surface area contributed by atoms with Crippen LogP contribution in [0.1, 0.15) is 18.4 Å². The summed E-state index contributed by atoms with van der Waals surface area (Å²) >= 11 is 0. The molecule has 2 aliphatic heterocycles. The molecule has 2 saturated heterocycles. The standard InChI is InChI=1S/C18H19FN4O/c19-14-4-1-3-13(11-14)12-17(24)22-9-5-16-15(22)6-10-23(16)18-20-7-2-8-21-18/h1-4,7-8,11,15-16H,5-6,9-10,12H2/t15-,16+/m0/s1. The quantitative estimate of drug-likeness (QED) is 0.866. The molecule has 24 heavy (non-hydrogen) atoms. The highest BCUT2D eigenvalue weighted by molar-refractivity contribution is 5.79. The molecule has 0 saturated carbocycles. The van der Waals surface area contributed by atoms with Crippen molar-refractivity contribution in [2.45, 2.75) is 31.3 Å². The van der Waals surface area contributed by atoms with Crippen molar-refractivity contribution < 1.29 is 9.18 Å². The number of hydrogen-bond acceptors (Lipinski definition) is 4. The van der Waals surface area contributed by atoms with E-state index < -0.39 is 0 Å². The van der Waals surface area contributed by atoms with E-state index in [0.29, 0.717) is 0 Å². The second kappa shape index (κ2) is 6.19. The molecule has 0 N–H and O–H groups in total. The van der Waals surface area contributed by atoms with Gasteiger partial charge in [-0.05, 0) is 36.6 Å². The van der Waals surface area contributed by atoms with Crippen molar-refractivity contribution in [2.75, 3.05) is 18.0 Å². The number of halogens is 1. The molecule has 2 aromatic rings. The second-order valence-electron chi connectivity index (χ2n) is 6.35. The molecule has 0 bridgehead atoms.